The number of halogens is 1. The minimum Gasteiger partial charge on any atom is -0.337 e. The van der Waals surface area contributed by atoms with E-state index in [2.05, 4.69) is 10.1 Å². The molecule has 5 nitrogen and oxygen atoms in total. The Labute approximate surface area is 134 Å². The zero-order valence-electron chi connectivity index (χ0n) is 12.6. The Morgan fingerprint density at radius 3 is 2.73 bits per heavy atom. The Morgan fingerprint density at radius 2 is 2.09 bits per heavy atom. The maximum absolute atomic E-state index is 12.2. The molecule has 2 aromatic rings. The third-order valence-electron chi connectivity index (χ3n) is 3.85. The molecule has 1 aromatic carbocycles. The monoisotopic (exact) mass is 319 g/mol. The Balaban J connectivity index is 1.80. The first-order valence-corrected chi connectivity index (χ1v) is 7.80. The van der Waals surface area contributed by atoms with Crippen molar-refractivity contribution in [2.24, 2.45) is 0 Å². The van der Waals surface area contributed by atoms with Crippen LogP contribution in [0.5, 0.6) is 0 Å². The highest BCUT2D eigenvalue weighted by atomic mass is 35.5. The fourth-order valence-corrected chi connectivity index (χ4v) is 2.72. The predicted molar refractivity (Wildman–Crippen MR) is 82.4 cm³/mol. The lowest BCUT2D eigenvalue weighted by atomic mass is 10.1. The normalized spacial score (nSPS) is 18.5. The summed E-state index contributed by atoms with van der Waals surface area (Å²) in [5.74, 6) is 1.54. The molecule has 2 heterocycles. The summed E-state index contributed by atoms with van der Waals surface area (Å²) in [5, 5.41) is 4.68. The number of carbonyl (C=O) groups excluding carboxylic acids is 1. The van der Waals surface area contributed by atoms with E-state index in [-0.39, 0.29) is 17.9 Å². The fraction of sp³-hybridized carbons (Fsp3) is 0.438. The number of benzene rings is 1. The van der Waals surface area contributed by atoms with Crippen molar-refractivity contribution >= 4 is 17.5 Å². The van der Waals surface area contributed by atoms with Gasteiger partial charge in [0.15, 0.2) is 5.82 Å². The first-order chi connectivity index (χ1) is 10.5. The Bertz CT molecular complexity index is 666. The van der Waals surface area contributed by atoms with Crippen LogP contribution in [-0.4, -0.2) is 20.9 Å². The summed E-state index contributed by atoms with van der Waals surface area (Å²) in [5.41, 5.74) is 1.04. The van der Waals surface area contributed by atoms with Crippen LogP contribution in [0.15, 0.2) is 28.8 Å². The second-order valence-corrected chi connectivity index (χ2v) is 6.28. The van der Waals surface area contributed by atoms with Gasteiger partial charge in [0, 0.05) is 23.9 Å². The number of rotatable bonds is 4. The number of hydrogen-bond donors (Lipinski definition) is 0. The molecular formula is C16H18ClN3O2. The van der Waals surface area contributed by atoms with E-state index in [0.29, 0.717) is 36.1 Å². The molecule has 116 valence electrons. The molecule has 0 saturated carbocycles. The highest BCUT2D eigenvalue weighted by molar-refractivity contribution is 6.30. The summed E-state index contributed by atoms with van der Waals surface area (Å²) in [7, 11) is 0. The minimum absolute atomic E-state index is 0.115. The van der Waals surface area contributed by atoms with Crippen LogP contribution in [0, 0.1) is 0 Å². The van der Waals surface area contributed by atoms with Crippen molar-refractivity contribution in [3.8, 4) is 0 Å². The van der Waals surface area contributed by atoms with Gasteiger partial charge in [0.05, 0.1) is 0 Å². The van der Waals surface area contributed by atoms with Crippen LogP contribution in [0.1, 0.15) is 55.9 Å². The Kier molecular flexibility index (Phi) is 4.16. The molecule has 0 aliphatic carbocycles. The molecule has 1 aromatic heterocycles. The van der Waals surface area contributed by atoms with Gasteiger partial charge >= 0.3 is 0 Å². The van der Waals surface area contributed by atoms with Crippen molar-refractivity contribution in [1.29, 1.82) is 0 Å². The Morgan fingerprint density at radius 1 is 1.36 bits per heavy atom. The number of nitrogens with zero attached hydrogens (tertiary/aromatic N) is 3. The summed E-state index contributed by atoms with van der Waals surface area (Å²) in [6.07, 6.45) is 1.23. The molecule has 22 heavy (non-hydrogen) atoms. The smallest absolute Gasteiger partial charge is 0.249 e. The van der Waals surface area contributed by atoms with E-state index in [4.69, 9.17) is 16.1 Å². The van der Waals surface area contributed by atoms with Gasteiger partial charge in [0.2, 0.25) is 11.8 Å². The highest BCUT2D eigenvalue weighted by Gasteiger charge is 2.36. The summed E-state index contributed by atoms with van der Waals surface area (Å²) < 4.78 is 5.37. The first kappa shape index (κ1) is 15.0. The highest BCUT2D eigenvalue weighted by Crippen LogP contribution is 2.33. The summed E-state index contributed by atoms with van der Waals surface area (Å²) in [6.45, 7) is 4.56. The maximum Gasteiger partial charge on any atom is 0.249 e. The fourth-order valence-electron chi connectivity index (χ4n) is 2.59. The molecule has 1 aliphatic heterocycles. The van der Waals surface area contributed by atoms with Gasteiger partial charge in [-0.2, -0.15) is 4.98 Å². The van der Waals surface area contributed by atoms with Gasteiger partial charge in [-0.3, -0.25) is 4.79 Å². The predicted octanol–water partition coefficient (Wildman–Crippen LogP) is 3.71. The van der Waals surface area contributed by atoms with Crippen molar-refractivity contribution in [1.82, 2.24) is 15.0 Å². The molecule has 0 N–H and O–H groups in total. The SMILES string of the molecule is CC(C)c1noc(C2CCC(=O)N2Cc2ccc(Cl)cc2)n1. The van der Waals surface area contributed by atoms with E-state index in [9.17, 15) is 4.79 Å². The van der Waals surface area contributed by atoms with E-state index in [0.717, 1.165) is 5.56 Å². The second kappa shape index (κ2) is 6.08. The molecule has 1 atom stereocenters. The van der Waals surface area contributed by atoms with E-state index in [1.807, 2.05) is 38.1 Å². The van der Waals surface area contributed by atoms with Crippen LogP contribution < -0.4 is 0 Å². The number of likely N-dealkylation sites (tertiary alicyclic amines) is 1. The van der Waals surface area contributed by atoms with Crippen molar-refractivity contribution in [2.75, 3.05) is 0 Å². The van der Waals surface area contributed by atoms with Gasteiger partial charge < -0.3 is 9.42 Å². The molecule has 3 rings (SSSR count). The third kappa shape index (κ3) is 2.99. The zero-order valence-corrected chi connectivity index (χ0v) is 13.4. The lowest BCUT2D eigenvalue weighted by Gasteiger charge is -2.22. The van der Waals surface area contributed by atoms with Crippen molar-refractivity contribution in [2.45, 2.75) is 45.2 Å². The number of hydrogen-bond acceptors (Lipinski definition) is 4. The molecule has 1 fully saturated rings. The van der Waals surface area contributed by atoms with Gasteiger partial charge in [0.1, 0.15) is 6.04 Å². The topological polar surface area (TPSA) is 59.2 Å². The number of aromatic nitrogens is 2. The first-order valence-electron chi connectivity index (χ1n) is 7.42. The standard InChI is InChI=1S/C16H18ClN3O2/c1-10(2)15-18-16(22-19-15)13-7-8-14(21)20(13)9-11-3-5-12(17)6-4-11/h3-6,10,13H,7-9H2,1-2H3. The van der Waals surface area contributed by atoms with Gasteiger partial charge in [-0.25, -0.2) is 0 Å². The van der Waals surface area contributed by atoms with Crippen LogP contribution >= 0.6 is 11.6 Å². The molecule has 1 amide bonds. The summed E-state index contributed by atoms with van der Waals surface area (Å²) in [6, 6.07) is 7.38. The van der Waals surface area contributed by atoms with E-state index in [1.54, 1.807) is 4.90 Å². The molecular weight excluding hydrogens is 302 g/mol. The zero-order chi connectivity index (χ0) is 15.7. The van der Waals surface area contributed by atoms with Crippen molar-refractivity contribution < 1.29 is 9.32 Å². The van der Waals surface area contributed by atoms with Crippen LogP contribution in [0.4, 0.5) is 0 Å². The number of amides is 1. The minimum atomic E-state index is -0.136. The molecule has 0 spiro atoms. The van der Waals surface area contributed by atoms with Crippen LogP contribution in [-0.2, 0) is 11.3 Å². The summed E-state index contributed by atoms with van der Waals surface area (Å²) >= 11 is 5.90. The van der Waals surface area contributed by atoms with Crippen molar-refractivity contribution in [3.63, 3.8) is 0 Å². The van der Waals surface area contributed by atoms with Gasteiger partial charge in [-0.05, 0) is 24.1 Å². The molecule has 1 saturated heterocycles. The summed E-state index contributed by atoms with van der Waals surface area (Å²) in [4.78, 5) is 18.4. The van der Waals surface area contributed by atoms with Crippen LogP contribution in [0.3, 0.4) is 0 Å². The average molecular weight is 320 g/mol. The van der Waals surface area contributed by atoms with E-state index in [1.165, 1.54) is 0 Å². The molecule has 0 bridgehead atoms. The third-order valence-corrected chi connectivity index (χ3v) is 4.11. The second-order valence-electron chi connectivity index (χ2n) is 5.85. The molecule has 1 aliphatic rings. The average Bonchev–Trinajstić information content (AvgIpc) is 3.09. The largest absolute Gasteiger partial charge is 0.337 e. The lowest BCUT2D eigenvalue weighted by molar-refractivity contribution is -0.129. The lowest BCUT2D eigenvalue weighted by Crippen LogP contribution is -2.27. The quantitative estimate of drug-likeness (QED) is 0.862. The molecule has 1 unspecified atom stereocenters. The van der Waals surface area contributed by atoms with Crippen molar-refractivity contribution in [3.05, 3.63) is 46.6 Å². The van der Waals surface area contributed by atoms with Crippen LogP contribution in [0.25, 0.3) is 0 Å². The van der Waals surface area contributed by atoms with Gasteiger partial charge in [0.25, 0.3) is 0 Å². The number of carbonyl (C=O) groups is 1. The van der Waals surface area contributed by atoms with E-state index < -0.39 is 0 Å². The van der Waals surface area contributed by atoms with Gasteiger partial charge in [-0.1, -0.05) is 42.7 Å². The maximum atomic E-state index is 12.2. The molecule has 0 radical (unpaired) electrons. The van der Waals surface area contributed by atoms with Crippen LogP contribution in [0.2, 0.25) is 5.02 Å². The molecule has 6 heteroatoms. The van der Waals surface area contributed by atoms with E-state index >= 15 is 0 Å². The van der Waals surface area contributed by atoms with Gasteiger partial charge in [-0.15, -0.1) is 0 Å². The Hall–Kier alpha value is -1.88.